The van der Waals surface area contributed by atoms with Gasteiger partial charge in [-0.1, -0.05) is 48.5 Å². The van der Waals surface area contributed by atoms with Crippen molar-refractivity contribution in [3.8, 4) is 0 Å². The highest BCUT2D eigenvalue weighted by molar-refractivity contribution is 7.71. The van der Waals surface area contributed by atoms with Crippen LogP contribution in [0.2, 0.25) is 0 Å². The molecule has 0 aliphatic carbocycles. The molecule has 0 bridgehead atoms. The third-order valence-corrected chi connectivity index (χ3v) is 5.56. The molecule has 0 saturated carbocycles. The monoisotopic (exact) mass is 406 g/mol. The Balaban J connectivity index is 1.84. The van der Waals surface area contributed by atoms with Crippen LogP contribution in [0.3, 0.4) is 0 Å². The third kappa shape index (κ3) is 3.54. The summed E-state index contributed by atoms with van der Waals surface area (Å²) in [4.78, 5) is 14.3. The van der Waals surface area contributed by atoms with Gasteiger partial charge in [-0.25, -0.2) is 0 Å². The van der Waals surface area contributed by atoms with Crippen LogP contribution in [-0.2, 0) is 19.8 Å². The van der Waals surface area contributed by atoms with E-state index in [1.54, 1.807) is 10.6 Å². The van der Waals surface area contributed by atoms with Crippen molar-refractivity contribution >= 4 is 28.9 Å². The topological polar surface area (TPSA) is 48.7 Å². The van der Waals surface area contributed by atoms with E-state index >= 15 is 0 Å². The Morgan fingerprint density at radius 2 is 1.86 bits per heavy atom. The average Bonchev–Trinajstić information content (AvgIpc) is 3.07. The van der Waals surface area contributed by atoms with Gasteiger partial charge in [-0.05, 0) is 31.3 Å². The Morgan fingerprint density at radius 1 is 1.14 bits per heavy atom. The van der Waals surface area contributed by atoms with E-state index in [-0.39, 0.29) is 5.56 Å². The molecule has 2 aromatic carbocycles. The number of allylic oxidation sites excluding steroid dienone is 1. The highest BCUT2D eigenvalue weighted by atomic mass is 32.1. The number of aromatic nitrogens is 4. The Kier molecular flexibility index (Phi) is 5.42. The molecular weight excluding hydrogens is 382 g/mol. The minimum atomic E-state index is -0.0795. The summed E-state index contributed by atoms with van der Waals surface area (Å²) in [6.07, 6.45) is 1.71. The van der Waals surface area contributed by atoms with Crippen molar-refractivity contribution < 1.29 is 4.90 Å². The normalized spacial score (nSPS) is 12.4. The maximum absolute atomic E-state index is 13.0. The smallest absolute Gasteiger partial charge is 0.263 e. The Labute approximate surface area is 173 Å². The van der Waals surface area contributed by atoms with Crippen LogP contribution in [-0.4, -0.2) is 25.3 Å². The van der Waals surface area contributed by atoms with Gasteiger partial charge in [0.25, 0.3) is 5.56 Å². The first-order valence-corrected chi connectivity index (χ1v) is 10.1. The van der Waals surface area contributed by atoms with E-state index in [0.29, 0.717) is 29.1 Å². The number of nitrogens with one attached hydrogen (secondary N) is 1. The Morgan fingerprint density at radius 3 is 2.59 bits per heavy atom. The van der Waals surface area contributed by atoms with E-state index in [4.69, 9.17) is 17.3 Å². The Bertz CT molecular complexity index is 1290. The summed E-state index contributed by atoms with van der Waals surface area (Å²) in [5, 5.41) is 5.37. The lowest BCUT2D eigenvalue weighted by atomic mass is 10.2. The van der Waals surface area contributed by atoms with Gasteiger partial charge in [-0.3, -0.25) is 13.8 Å². The number of para-hydroxylation sites is 1. The summed E-state index contributed by atoms with van der Waals surface area (Å²) in [5.41, 5.74) is 1.97. The van der Waals surface area contributed by atoms with E-state index < -0.39 is 0 Å². The lowest BCUT2D eigenvalue weighted by Gasteiger charge is -2.17. The van der Waals surface area contributed by atoms with E-state index in [9.17, 15) is 4.79 Å². The predicted molar refractivity (Wildman–Crippen MR) is 118 cm³/mol. The van der Waals surface area contributed by atoms with Gasteiger partial charge in [0.2, 0.25) is 10.5 Å². The minimum absolute atomic E-state index is 0.0795. The van der Waals surface area contributed by atoms with Crippen LogP contribution in [0.5, 0.6) is 0 Å². The third-order valence-electron chi connectivity index (χ3n) is 5.17. The van der Waals surface area contributed by atoms with Crippen molar-refractivity contribution in [3.05, 3.63) is 87.9 Å². The molecule has 7 heteroatoms. The van der Waals surface area contributed by atoms with Crippen molar-refractivity contribution in [2.75, 3.05) is 6.54 Å². The molecule has 4 rings (SSSR count). The van der Waals surface area contributed by atoms with Gasteiger partial charge in [0, 0.05) is 12.1 Å². The summed E-state index contributed by atoms with van der Waals surface area (Å²) < 4.78 is 5.95. The molecule has 1 unspecified atom stereocenters. The molecule has 0 radical (unpaired) electrons. The molecule has 0 amide bonds. The fraction of sp³-hybridized carbons (Fsp3) is 0.227. The minimum Gasteiger partial charge on any atom is -0.313 e. The van der Waals surface area contributed by atoms with Gasteiger partial charge in [0.15, 0.2) is 6.67 Å². The molecule has 0 fully saturated rings. The lowest BCUT2D eigenvalue weighted by Crippen LogP contribution is -3.09. The molecule has 0 saturated heterocycles. The second kappa shape index (κ2) is 8.14. The van der Waals surface area contributed by atoms with Gasteiger partial charge < -0.3 is 4.90 Å². The lowest BCUT2D eigenvalue weighted by molar-refractivity contribution is -0.935. The van der Waals surface area contributed by atoms with Crippen LogP contribution in [0.4, 0.5) is 0 Å². The number of nitrogens with zero attached hydrogens (tertiary/aromatic N) is 4. The number of hydrogen-bond acceptors (Lipinski definition) is 3. The number of rotatable bonds is 7. The van der Waals surface area contributed by atoms with Crippen LogP contribution < -0.4 is 10.5 Å². The summed E-state index contributed by atoms with van der Waals surface area (Å²) >= 11 is 5.78. The van der Waals surface area contributed by atoms with Gasteiger partial charge in [-0.2, -0.15) is 4.68 Å². The molecular formula is C22H24N5OS+. The Hall–Kier alpha value is -3.03. The maximum Gasteiger partial charge on any atom is 0.263 e. The molecule has 2 heterocycles. The van der Waals surface area contributed by atoms with Crippen molar-refractivity contribution in [1.82, 2.24) is 18.7 Å². The molecule has 0 aliphatic heterocycles. The maximum atomic E-state index is 13.0. The van der Waals surface area contributed by atoms with E-state index in [1.807, 2.05) is 39.4 Å². The van der Waals surface area contributed by atoms with Gasteiger partial charge in [0.05, 0.1) is 17.4 Å². The molecule has 0 aliphatic rings. The largest absolute Gasteiger partial charge is 0.313 e. The molecule has 148 valence electrons. The first-order valence-electron chi connectivity index (χ1n) is 9.73. The molecule has 4 aromatic rings. The molecule has 1 N–H and O–H groups in total. The zero-order valence-electron chi connectivity index (χ0n) is 16.4. The number of hydrogen-bond donors (Lipinski definition) is 1. The van der Waals surface area contributed by atoms with Gasteiger partial charge in [0.1, 0.15) is 6.54 Å². The zero-order chi connectivity index (χ0) is 20.4. The predicted octanol–water partition coefficient (Wildman–Crippen LogP) is 2.43. The van der Waals surface area contributed by atoms with Crippen molar-refractivity contribution in [2.24, 2.45) is 0 Å². The summed E-state index contributed by atoms with van der Waals surface area (Å²) in [5.74, 6) is 0.550. The summed E-state index contributed by atoms with van der Waals surface area (Å²) in [7, 11) is 0. The first kappa shape index (κ1) is 19.3. The van der Waals surface area contributed by atoms with E-state index in [2.05, 4.69) is 37.8 Å². The SMILES string of the molecule is C=CCn1c(=O)c2ccccc2n2c(=S)n(C[NH+](CC)Cc3ccccc3)nc12. The van der Waals surface area contributed by atoms with Crippen LogP contribution in [0.25, 0.3) is 16.7 Å². The summed E-state index contributed by atoms with van der Waals surface area (Å²) in [6, 6.07) is 17.9. The van der Waals surface area contributed by atoms with Crippen molar-refractivity contribution in [3.63, 3.8) is 0 Å². The summed E-state index contributed by atoms with van der Waals surface area (Å²) in [6.45, 7) is 8.77. The number of quaternary nitrogens is 1. The van der Waals surface area contributed by atoms with E-state index in [0.717, 1.165) is 18.6 Å². The highest BCUT2D eigenvalue weighted by Gasteiger charge is 2.17. The second-order valence-corrected chi connectivity index (χ2v) is 7.43. The van der Waals surface area contributed by atoms with Crippen molar-refractivity contribution in [2.45, 2.75) is 26.7 Å². The highest BCUT2D eigenvalue weighted by Crippen LogP contribution is 2.14. The molecule has 1 atom stereocenters. The van der Waals surface area contributed by atoms with Crippen LogP contribution >= 0.6 is 12.2 Å². The van der Waals surface area contributed by atoms with Gasteiger partial charge >= 0.3 is 0 Å². The first-order chi connectivity index (χ1) is 14.1. The fourth-order valence-electron chi connectivity index (χ4n) is 3.65. The zero-order valence-corrected chi connectivity index (χ0v) is 17.2. The second-order valence-electron chi connectivity index (χ2n) is 7.06. The molecule has 29 heavy (non-hydrogen) atoms. The van der Waals surface area contributed by atoms with E-state index in [1.165, 1.54) is 10.5 Å². The fourth-order valence-corrected chi connectivity index (χ4v) is 3.94. The van der Waals surface area contributed by atoms with Gasteiger partial charge in [-0.15, -0.1) is 11.7 Å². The number of fused-ring (bicyclic) bond motifs is 3. The van der Waals surface area contributed by atoms with Crippen LogP contribution in [0, 0.1) is 4.77 Å². The molecule has 6 nitrogen and oxygen atoms in total. The van der Waals surface area contributed by atoms with Crippen molar-refractivity contribution in [1.29, 1.82) is 0 Å². The quantitative estimate of drug-likeness (QED) is 0.379. The van der Waals surface area contributed by atoms with Crippen LogP contribution in [0.15, 0.2) is 72.0 Å². The molecule has 2 aromatic heterocycles. The standard InChI is InChI=1S/C22H23N5OS/c1-3-14-25-20(28)18-12-8-9-13-19(18)27-21(25)23-26(22(27)29)16-24(4-2)15-17-10-6-5-7-11-17/h3,5-13H,1,4,14-16H2,2H3/p+1. The average molecular weight is 407 g/mol. The number of benzene rings is 2. The van der Waals surface area contributed by atoms with Crippen LogP contribution in [0.1, 0.15) is 12.5 Å². The molecule has 0 spiro atoms.